The average Bonchev–Trinajstić information content (AvgIpc) is 2.66. The molecule has 0 aliphatic carbocycles. The van der Waals surface area contributed by atoms with Crippen LogP contribution in [0.1, 0.15) is 119 Å². The van der Waals surface area contributed by atoms with Crippen molar-refractivity contribution >= 4 is 0 Å². The van der Waals surface area contributed by atoms with Gasteiger partial charge < -0.3 is 0 Å². The van der Waals surface area contributed by atoms with Crippen LogP contribution < -0.4 is 0 Å². The molecule has 0 aliphatic rings. The lowest BCUT2D eigenvalue weighted by Gasteiger charge is -2.31. The molecule has 0 aromatic heterocycles. The Bertz CT molecular complexity index is 888. The van der Waals surface area contributed by atoms with Crippen LogP contribution in [-0.4, -0.2) is 0 Å². The maximum absolute atomic E-state index is 4.21. The number of benzene rings is 1. The second kappa shape index (κ2) is 10.9. The molecule has 0 amide bonds. The minimum absolute atomic E-state index is 0.131. The molecule has 0 saturated heterocycles. The van der Waals surface area contributed by atoms with Gasteiger partial charge in [0.25, 0.3) is 0 Å². The Balaban J connectivity index is 3.73. The smallest absolute Gasteiger partial charge is 0.00261 e. The van der Waals surface area contributed by atoms with E-state index >= 15 is 0 Å². The molecule has 1 aromatic carbocycles. The molecule has 32 heavy (non-hydrogen) atoms. The zero-order valence-corrected chi connectivity index (χ0v) is 23.6. The van der Waals surface area contributed by atoms with Gasteiger partial charge in [-0.3, -0.25) is 0 Å². The molecule has 1 aromatic rings. The molecule has 0 radical (unpaired) electrons. The van der Waals surface area contributed by atoms with Crippen molar-refractivity contribution in [3.05, 3.63) is 80.5 Å². The second-order valence-electron chi connectivity index (χ2n) is 11.9. The van der Waals surface area contributed by atoms with E-state index in [1.54, 1.807) is 0 Å². The first-order chi connectivity index (χ1) is 14.5. The van der Waals surface area contributed by atoms with Gasteiger partial charge in [0.2, 0.25) is 0 Å². The first-order valence-electron chi connectivity index (χ1n) is 12.3. The average molecular weight is 435 g/mol. The first-order valence-corrected chi connectivity index (χ1v) is 12.3. The molecule has 0 unspecified atom stereocenters. The van der Waals surface area contributed by atoms with Gasteiger partial charge in [-0.05, 0) is 116 Å². The summed E-state index contributed by atoms with van der Waals surface area (Å²) in [5, 5.41) is 0. The number of hydrogen-bond acceptors (Lipinski definition) is 0. The van der Waals surface area contributed by atoms with Crippen molar-refractivity contribution in [1.29, 1.82) is 0 Å². The van der Waals surface area contributed by atoms with E-state index in [2.05, 4.69) is 115 Å². The topological polar surface area (TPSA) is 0 Å². The zero-order valence-electron chi connectivity index (χ0n) is 23.6. The fourth-order valence-corrected chi connectivity index (χ4v) is 4.57. The highest BCUT2D eigenvalue weighted by molar-refractivity contribution is 5.50. The summed E-state index contributed by atoms with van der Waals surface area (Å²) in [5.74, 6) is 0. The van der Waals surface area contributed by atoms with Crippen LogP contribution in [0.4, 0.5) is 0 Å². The maximum atomic E-state index is 4.21. The molecule has 0 aliphatic heterocycles. The predicted molar refractivity (Wildman–Crippen MR) is 147 cm³/mol. The van der Waals surface area contributed by atoms with E-state index in [9.17, 15) is 0 Å². The molecule has 0 bridgehead atoms. The summed E-state index contributed by atoms with van der Waals surface area (Å²) in [6.07, 6.45) is 5.30. The summed E-state index contributed by atoms with van der Waals surface area (Å²) < 4.78 is 0. The van der Waals surface area contributed by atoms with E-state index in [0.717, 1.165) is 19.3 Å². The van der Waals surface area contributed by atoms with E-state index in [1.165, 1.54) is 55.7 Å². The fraction of sp³-hybridized carbons (Fsp3) is 0.562. The van der Waals surface area contributed by atoms with Crippen LogP contribution in [0, 0.1) is 0 Å². The molecule has 0 saturated carbocycles. The summed E-state index contributed by atoms with van der Waals surface area (Å²) in [7, 11) is 0. The van der Waals surface area contributed by atoms with Crippen molar-refractivity contribution in [2.24, 2.45) is 0 Å². The molecule has 0 atom stereocenters. The molecule has 0 nitrogen and oxygen atoms in total. The van der Waals surface area contributed by atoms with Crippen LogP contribution in [0.3, 0.4) is 0 Å². The Morgan fingerprint density at radius 1 is 0.844 bits per heavy atom. The first kappa shape index (κ1) is 28.2. The summed E-state index contributed by atoms with van der Waals surface area (Å²) in [6.45, 7) is 33.9. The second-order valence-corrected chi connectivity index (χ2v) is 11.9. The highest BCUT2D eigenvalue weighted by Gasteiger charge is 2.26. The van der Waals surface area contributed by atoms with Crippen LogP contribution in [0.5, 0.6) is 0 Å². The molecule has 178 valence electrons. The highest BCUT2D eigenvalue weighted by Crippen LogP contribution is 2.37. The van der Waals surface area contributed by atoms with Crippen LogP contribution in [-0.2, 0) is 23.7 Å². The Labute approximate surface area is 200 Å². The SMILES string of the molecule is C=C(C)C/C(C(C)=C(C)C)=C(C)/C(=C/C)Cc1cc(C(C)(C)C)c(CC)c(C(C)(C)C)c1. The zero-order chi connectivity index (χ0) is 25.0. The van der Waals surface area contributed by atoms with Crippen molar-refractivity contribution in [1.82, 2.24) is 0 Å². The van der Waals surface area contributed by atoms with Gasteiger partial charge >= 0.3 is 0 Å². The van der Waals surface area contributed by atoms with Crippen molar-refractivity contribution in [2.75, 3.05) is 0 Å². The van der Waals surface area contributed by atoms with Gasteiger partial charge in [-0.25, -0.2) is 0 Å². The van der Waals surface area contributed by atoms with Gasteiger partial charge in [-0.2, -0.15) is 0 Å². The summed E-state index contributed by atoms with van der Waals surface area (Å²) in [4.78, 5) is 0. The summed E-state index contributed by atoms with van der Waals surface area (Å²) >= 11 is 0. The van der Waals surface area contributed by atoms with Gasteiger partial charge in [-0.15, -0.1) is 0 Å². The predicted octanol–water partition coefficient (Wildman–Crippen LogP) is 9.97. The van der Waals surface area contributed by atoms with E-state index in [1.807, 2.05) is 0 Å². The van der Waals surface area contributed by atoms with Crippen LogP contribution in [0.25, 0.3) is 0 Å². The Morgan fingerprint density at radius 2 is 1.31 bits per heavy atom. The lowest BCUT2D eigenvalue weighted by molar-refractivity contribution is 0.555. The van der Waals surface area contributed by atoms with Gasteiger partial charge in [0.1, 0.15) is 0 Å². The minimum atomic E-state index is 0.131. The van der Waals surface area contributed by atoms with Crippen molar-refractivity contribution in [3.63, 3.8) is 0 Å². The van der Waals surface area contributed by atoms with Gasteiger partial charge in [-0.1, -0.05) is 84.4 Å². The molecule has 0 N–H and O–H groups in total. The van der Waals surface area contributed by atoms with E-state index in [-0.39, 0.29) is 10.8 Å². The highest BCUT2D eigenvalue weighted by atomic mass is 14.3. The lowest BCUT2D eigenvalue weighted by Crippen LogP contribution is -2.21. The molecule has 1 rings (SSSR count). The van der Waals surface area contributed by atoms with E-state index in [4.69, 9.17) is 0 Å². The van der Waals surface area contributed by atoms with Crippen molar-refractivity contribution in [3.8, 4) is 0 Å². The standard InChI is InChI=1S/C32H50/c1-15-26(24(8)28(17-21(3)4)23(7)22(5)6)18-25-19-29(31(9,10)11)27(16-2)30(20-25)32(12,13)14/h15,19-20H,3,16-18H2,1-2,4-14H3/b26-15+,28-24-. The van der Waals surface area contributed by atoms with Crippen LogP contribution >= 0.6 is 0 Å². The third-order valence-corrected chi connectivity index (χ3v) is 6.64. The van der Waals surface area contributed by atoms with Crippen LogP contribution in [0.2, 0.25) is 0 Å². The molecule has 0 fully saturated rings. The number of hydrogen-bond donors (Lipinski definition) is 0. The van der Waals surface area contributed by atoms with Gasteiger partial charge in [0.05, 0.1) is 0 Å². The molecular weight excluding hydrogens is 384 g/mol. The molecule has 0 heterocycles. The van der Waals surface area contributed by atoms with Crippen molar-refractivity contribution < 1.29 is 0 Å². The minimum Gasteiger partial charge on any atom is -0.0998 e. The third kappa shape index (κ3) is 7.09. The largest absolute Gasteiger partial charge is 0.0998 e. The lowest BCUT2D eigenvalue weighted by atomic mass is 9.74. The maximum Gasteiger partial charge on any atom is -0.00261 e. The van der Waals surface area contributed by atoms with Crippen molar-refractivity contribution in [2.45, 2.75) is 120 Å². The fourth-order valence-electron chi connectivity index (χ4n) is 4.57. The number of rotatable bonds is 7. The monoisotopic (exact) mass is 434 g/mol. The summed E-state index contributed by atoms with van der Waals surface area (Å²) in [5.41, 5.74) is 14.5. The molecular formula is C32H50. The van der Waals surface area contributed by atoms with Crippen LogP contribution in [0.15, 0.2) is 58.2 Å². The Morgan fingerprint density at radius 3 is 1.62 bits per heavy atom. The van der Waals surface area contributed by atoms with E-state index < -0.39 is 0 Å². The third-order valence-electron chi connectivity index (χ3n) is 6.64. The Kier molecular flexibility index (Phi) is 9.58. The normalized spacial score (nSPS) is 13.7. The summed E-state index contributed by atoms with van der Waals surface area (Å²) in [6, 6.07) is 4.97. The Hall–Kier alpha value is -1.82. The van der Waals surface area contributed by atoms with Gasteiger partial charge in [0, 0.05) is 0 Å². The number of allylic oxidation sites excluding steroid dienone is 7. The quantitative estimate of drug-likeness (QED) is 0.296. The molecule has 0 spiro atoms. The van der Waals surface area contributed by atoms with E-state index in [0.29, 0.717) is 0 Å². The van der Waals surface area contributed by atoms with Gasteiger partial charge in [0.15, 0.2) is 0 Å². The molecule has 0 heteroatoms.